The zero-order chi connectivity index (χ0) is 18.1. The van der Waals surface area contributed by atoms with Crippen molar-refractivity contribution in [2.75, 3.05) is 19.6 Å². The van der Waals surface area contributed by atoms with Crippen LogP contribution in [0.5, 0.6) is 0 Å². The minimum absolute atomic E-state index is 0. The van der Waals surface area contributed by atoms with Crippen LogP contribution in [0.3, 0.4) is 0 Å². The Morgan fingerprint density at radius 1 is 1.19 bits per heavy atom. The molecule has 0 aliphatic rings. The van der Waals surface area contributed by atoms with E-state index >= 15 is 0 Å². The van der Waals surface area contributed by atoms with Gasteiger partial charge in [-0.25, -0.2) is 0 Å². The predicted octanol–water partition coefficient (Wildman–Crippen LogP) is 3.55. The van der Waals surface area contributed by atoms with Gasteiger partial charge < -0.3 is 10.6 Å². The van der Waals surface area contributed by atoms with Gasteiger partial charge in [-0.3, -0.25) is 9.67 Å². The maximum absolute atomic E-state index is 4.73. The van der Waals surface area contributed by atoms with E-state index in [1.807, 2.05) is 13.0 Å². The highest BCUT2D eigenvalue weighted by Gasteiger charge is 2.07. The molecule has 0 saturated carbocycles. The highest BCUT2D eigenvalue weighted by Crippen LogP contribution is 2.06. The zero-order valence-electron chi connectivity index (χ0n) is 16.3. The third-order valence-corrected chi connectivity index (χ3v) is 4.04. The number of nitrogens with one attached hydrogen (secondary N) is 2. The van der Waals surface area contributed by atoms with Crippen LogP contribution in [-0.2, 0) is 13.0 Å². The standard InChI is InChI=1S/C20H31N5.HI/c1-5-21-20(22-12-11-19-9-7-6-8-10-19)23-14-16(2)15-25-18(4)13-17(3)24-25;/h6-10,13,16H,5,11-12,14-15H2,1-4H3,(H2,21,22,23);1H. The van der Waals surface area contributed by atoms with E-state index in [0.717, 1.165) is 44.3 Å². The molecule has 0 saturated heterocycles. The summed E-state index contributed by atoms with van der Waals surface area (Å²) in [6, 6.07) is 12.6. The van der Waals surface area contributed by atoms with Crippen LogP contribution in [0.1, 0.15) is 30.8 Å². The number of aliphatic imine (C=N–C) groups is 1. The van der Waals surface area contributed by atoms with E-state index in [9.17, 15) is 0 Å². The molecular formula is C20H32IN5. The second-order valence-electron chi connectivity index (χ2n) is 6.60. The van der Waals surface area contributed by atoms with Gasteiger partial charge in [-0.05, 0) is 44.7 Å². The molecular weight excluding hydrogens is 437 g/mol. The van der Waals surface area contributed by atoms with E-state index in [0.29, 0.717) is 5.92 Å². The van der Waals surface area contributed by atoms with E-state index in [4.69, 9.17) is 4.99 Å². The molecule has 0 aliphatic heterocycles. The van der Waals surface area contributed by atoms with Gasteiger partial charge in [0.15, 0.2) is 5.96 Å². The van der Waals surface area contributed by atoms with Crippen molar-refractivity contribution in [2.24, 2.45) is 10.9 Å². The van der Waals surface area contributed by atoms with Crippen LogP contribution in [0.4, 0.5) is 0 Å². The normalized spacial score (nSPS) is 12.4. The maximum atomic E-state index is 4.73. The Morgan fingerprint density at radius 2 is 1.92 bits per heavy atom. The fraction of sp³-hybridized carbons (Fsp3) is 0.500. The van der Waals surface area contributed by atoms with Crippen molar-refractivity contribution in [3.05, 3.63) is 53.3 Å². The second-order valence-corrected chi connectivity index (χ2v) is 6.60. The van der Waals surface area contributed by atoms with E-state index in [1.54, 1.807) is 0 Å². The molecule has 0 fully saturated rings. The summed E-state index contributed by atoms with van der Waals surface area (Å²) in [5.74, 6) is 1.32. The summed E-state index contributed by atoms with van der Waals surface area (Å²) in [6.45, 7) is 11.9. The number of halogens is 1. The predicted molar refractivity (Wildman–Crippen MR) is 120 cm³/mol. The number of aryl methyl sites for hydroxylation is 2. The molecule has 0 amide bonds. The van der Waals surface area contributed by atoms with Crippen molar-refractivity contribution in [3.63, 3.8) is 0 Å². The lowest BCUT2D eigenvalue weighted by Gasteiger charge is -2.14. The van der Waals surface area contributed by atoms with Gasteiger partial charge in [0.1, 0.15) is 0 Å². The van der Waals surface area contributed by atoms with Gasteiger partial charge in [-0.1, -0.05) is 37.3 Å². The molecule has 1 atom stereocenters. The van der Waals surface area contributed by atoms with Gasteiger partial charge in [0.25, 0.3) is 0 Å². The third kappa shape index (κ3) is 7.76. The maximum Gasteiger partial charge on any atom is 0.191 e. The molecule has 1 aromatic heterocycles. The number of rotatable bonds is 8. The summed E-state index contributed by atoms with van der Waals surface area (Å²) in [5.41, 5.74) is 3.62. The van der Waals surface area contributed by atoms with Crippen molar-refractivity contribution in [2.45, 2.75) is 40.7 Å². The van der Waals surface area contributed by atoms with Crippen LogP contribution in [-0.4, -0.2) is 35.4 Å². The van der Waals surface area contributed by atoms with Gasteiger partial charge in [0, 0.05) is 31.9 Å². The fourth-order valence-corrected chi connectivity index (χ4v) is 2.77. The Labute approximate surface area is 174 Å². The Balaban J connectivity index is 0.00000338. The Kier molecular flexibility index (Phi) is 10.3. The molecule has 2 rings (SSSR count). The average molecular weight is 469 g/mol. The van der Waals surface area contributed by atoms with Gasteiger partial charge >= 0.3 is 0 Å². The highest BCUT2D eigenvalue weighted by atomic mass is 127. The summed E-state index contributed by atoms with van der Waals surface area (Å²) in [6.07, 6.45) is 0.993. The quantitative estimate of drug-likeness (QED) is 0.353. The molecule has 0 bridgehead atoms. The largest absolute Gasteiger partial charge is 0.357 e. The Morgan fingerprint density at radius 3 is 2.54 bits per heavy atom. The summed E-state index contributed by atoms with van der Waals surface area (Å²) < 4.78 is 2.07. The SMILES string of the molecule is CCNC(=NCC(C)Cn1nc(C)cc1C)NCCc1ccccc1.I. The average Bonchev–Trinajstić information content (AvgIpc) is 2.91. The smallest absolute Gasteiger partial charge is 0.191 e. The molecule has 144 valence electrons. The van der Waals surface area contributed by atoms with Gasteiger partial charge in [-0.2, -0.15) is 5.10 Å². The monoisotopic (exact) mass is 469 g/mol. The van der Waals surface area contributed by atoms with Crippen LogP contribution in [0.2, 0.25) is 0 Å². The highest BCUT2D eigenvalue weighted by molar-refractivity contribution is 14.0. The molecule has 0 spiro atoms. The second kappa shape index (κ2) is 11.9. The van der Waals surface area contributed by atoms with Crippen LogP contribution in [0.15, 0.2) is 41.4 Å². The van der Waals surface area contributed by atoms with Gasteiger partial charge in [0.2, 0.25) is 0 Å². The molecule has 26 heavy (non-hydrogen) atoms. The van der Waals surface area contributed by atoms with E-state index in [-0.39, 0.29) is 24.0 Å². The van der Waals surface area contributed by atoms with Crippen LogP contribution >= 0.6 is 24.0 Å². The van der Waals surface area contributed by atoms with E-state index < -0.39 is 0 Å². The third-order valence-electron chi connectivity index (χ3n) is 4.04. The van der Waals surface area contributed by atoms with E-state index in [1.165, 1.54) is 11.3 Å². The summed E-state index contributed by atoms with van der Waals surface area (Å²) in [5, 5.41) is 11.3. The molecule has 1 unspecified atom stereocenters. The first kappa shape index (κ1) is 22.5. The van der Waals surface area contributed by atoms with Gasteiger partial charge in [-0.15, -0.1) is 24.0 Å². The summed E-state index contributed by atoms with van der Waals surface area (Å²) >= 11 is 0. The molecule has 0 radical (unpaired) electrons. The minimum atomic E-state index is 0. The van der Waals surface area contributed by atoms with E-state index in [2.05, 4.69) is 71.5 Å². The summed E-state index contributed by atoms with van der Waals surface area (Å²) in [7, 11) is 0. The molecule has 1 aromatic carbocycles. The lowest BCUT2D eigenvalue weighted by atomic mass is 10.1. The molecule has 5 nitrogen and oxygen atoms in total. The number of aromatic nitrogens is 2. The lowest BCUT2D eigenvalue weighted by Crippen LogP contribution is -2.38. The fourth-order valence-electron chi connectivity index (χ4n) is 2.77. The van der Waals surface area contributed by atoms with Crippen LogP contribution in [0.25, 0.3) is 0 Å². The number of nitrogens with zero attached hydrogens (tertiary/aromatic N) is 3. The molecule has 6 heteroatoms. The van der Waals surface area contributed by atoms with Crippen molar-refractivity contribution >= 4 is 29.9 Å². The first-order chi connectivity index (χ1) is 12.1. The molecule has 2 aromatic rings. The number of hydrogen-bond acceptors (Lipinski definition) is 2. The minimum Gasteiger partial charge on any atom is -0.357 e. The Hall–Kier alpha value is -1.57. The molecule has 0 aliphatic carbocycles. The first-order valence-corrected chi connectivity index (χ1v) is 9.15. The lowest BCUT2D eigenvalue weighted by molar-refractivity contribution is 0.449. The van der Waals surface area contributed by atoms with Crippen LogP contribution in [0, 0.1) is 19.8 Å². The van der Waals surface area contributed by atoms with Crippen molar-refractivity contribution in [1.29, 1.82) is 0 Å². The van der Waals surface area contributed by atoms with Crippen molar-refractivity contribution < 1.29 is 0 Å². The molecule has 2 N–H and O–H groups in total. The van der Waals surface area contributed by atoms with Crippen molar-refractivity contribution in [3.8, 4) is 0 Å². The number of benzene rings is 1. The van der Waals surface area contributed by atoms with Crippen LogP contribution < -0.4 is 10.6 Å². The Bertz CT molecular complexity index is 666. The van der Waals surface area contributed by atoms with Gasteiger partial charge in [0.05, 0.1) is 5.69 Å². The number of guanidine groups is 1. The number of hydrogen-bond donors (Lipinski definition) is 2. The molecule has 1 heterocycles. The summed E-state index contributed by atoms with van der Waals surface area (Å²) in [4.78, 5) is 4.73. The van der Waals surface area contributed by atoms with Crippen molar-refractivity contribution in [1.82, 2.24) is 20.4 Å². The zero-order valence-corrected chi connectivity index (χ0v) is 18.7. The topological polar surface area (TPSA) is 54.2 Å². The first-order valence-electron chi connectivity index (χ1n) is 9.15.